The molecule has 16 amide bonds. The molecule has 0 unspecified atom stereocenters. The quantitative estimate of drug-likeness (QED) is 0.0158. The number of aliphatic hydroxyl groups excluding tert-OH is 4. The molecule has 774 valence electrons. The Morgan fingerprint density at radius 3 is 1.08 bits per heavy atom. The number of rotatable bonds is 59. The van der Waals surface area contributed by atoms with Gasteiger partial charge in [0, 0.05) is 79.7 Å². The molecule has 6 aromatic rings. The van der Waals surface area contributed by atoms with Crippen molar-refractivity contribution < 1.29 is 142 Å². The number of carbonyl (C=O) groups excluding carboxylic acids is 16. The number of aliphatic carboxylic acids is 3. The van der Waals surface area contributed by atoms with Crippen LogP contribution in [-0.2, 0) is 123 Å². The van der Waals surface area contributed by atoms with Gasteiger partial charge < -0.3 is 152 Å². The van der Waals surface area contributed by atoms with Crippen LogP contribution < -0.4 is 91.2 Å². The van der Waals surface area contributed by atoms with Crippen molar-refractivity contribution in [2.75, 3.05) is 19.0 Å². The smallest absolute Gasteiger partial charge is 0.327 e. The van der Waals surface area contributed by atoms with E-state index in [1.54, 1.807) is 52.0 Å². The highest BCUT2D eigenvalue weighted by molar-refractivity contribution is 7.80. The average molecular weight is 2010 g/mol. The van der Waals surface area contributed by atoms with E-state index in [1.165, 1.54) is 105 Å². The fraction of sp³-hybridized carbons (Fsp3) is 0.478. The lowest BCUT2D eigenvalue weighted by Gasteiger charge is -2.30. The summed E-state index contributed by atoms with van der Waals surface area (Å²) >= 11 is 3.99. The van der Waals surface area contributed by atoms with Gasteiger partial charge in [0.15, 0.2) is 0 Å². The van der Waals surface area contributed by atoms with E-state index >= 15 is 9.59 Å². The van der Waals surface area contributed by atoms with Gasteiger partial charge in [-0.2, -0.15) is 12.6 Å². The molecule has 0 saturated heterocycles. The Labute approximate surface area is 819 Å². The van der Waals surface area contributed by atoms with Gasteiger partial charge in [0.05, 0.1) is 44.2 Å². The van der Waals surface area contributed by atoms with E-state index in [1.807, 2.05) is 0 Å². The molecule has 142 heavy (non-hydrogen) atoms. The van der Waals surface area contributed by atoms with Crippen LogP contribution in [0.25, 0.3) is 10.9 Å². The lowest BCUT2D eigenvalue weighted by Crippen LogP contribution is -2.63. The highest BCUT2D eigenvalue weighted by Gasteiger charge is 2.42. The summed E-state index contributed by atoms with van der Waals surface area (Å²) in [6.07, 6.45) is -5.48. The lowest BCUT2D eigenvalue weighted by molar-refractivity contribution is -0.141. The van der Waals surface area contributed by atoms with Crippen molar-refractivity contribution in [1.82, 2.24) is 94.7 Å². The third kappa shape index (κ3) is 37.7. The maximum Gasteiger partial charge on any atom is 0.327 e. The van der Waals surface area contributed by atoms with E-state index in [0.29, 0.717) is 27.6 Å². The SMILES string of the molecule is CC(C)C[C@H](NC(=O)[C@H](CCC(=O)O)NC(=O)[C@H](CO)NC(=O)[C@H](Cc1ccc(O)cc1)NC(=O)[C@@H](N)CC(=O)O)C(=O)N[C@H](C(=O)N[C@@H](Cc1c[nH]c2ccccc12)C(=O)N[C@@H](Cc1ccc(O)cc1)C(=O)N[C@@H](CC(C)C)C(=O)N[C@H](C(=O)N[C@@H](CO)C(=O)N[C@H](C(=O)N[C@@H](Cc1ccc(O)cc1)C(=O)N[C@@H](CCC(N)=O)C(=O)N[C@@H](Cc1cnc[nH]1)C(=O)N[C@@H](CS)C(=O)O)C(C)C)[C@@H](C)O)[C@@H](C)O. The first-order chi connectivity index (χ1) is 67.0. The largest absolute Gasteiger partial charge is 0.508 e. The topological polar surface area (TPSA) is 804 Å². The van der Waals surface area contributed by atoms with E-state index in [0.717, 1.165) is 13.8 Å². The van der Waals surface area contributed by atoms with Crippen molar-refractivity contribution in [3.05, 3.63) is 144 Å². The highest BCUT2D eigenvalue weighted by Crippen LogP contribution is 2.23. The molecule has 6 rings (SSSR count). The molecule has 4 aromatic carbocycles. The molecule has 0 aliphatic heterocycles. The van der Waals surface area contributed by atoms with Crippen molar-refractivity contribution >= 4 is 136 Å². The zero-order valence-electron chi connectivity index (χ0n) is 79.0. The van der Waals surface area contributed by atoms with Crippen molar-refractivity contribution in [3.63, 3.8) is 0 Å². The van der Waals surface area contributed by atoms with Crippen molar-refractivity contribution in [2.24, 2.45) is 29.2 Å². The summed E-state index contributed by atoms with van der Waals surface area (Å²) in [5.74, 6) is -25.7. The van der Waals surface area contributed by atoms with Crippen molar-refractivity contribution in [1.29, 1.82) is 0 Å². The summed E-state index contributed by atoms with van der Waals surface area (Å²) in [5.41, 5.74) is 13.3. The van der Waals surface area contributed by atoms with Gasteiger partial charge in [-0.1, -0.05) is 96.1 Å². The van der Waals surface area contributed by atoms with Crippen LogP contribution in [0.4, 0.5) is 0 Å². The second kappa shape index (κ2) is 56.4. The number of thiol groups is 1. The molecular formula is C92H126N20O29S. The van der Waals surface area contributed by atoms with Gasteiger partial charge in [-0.15, -0.1) is 0 Å². The number of carboxylic acids is 3. The molecule has 0 aliphatic rings. The number of aliphatic hydroxyl groups is 4. The maximum absolute atomic E-state index is 15.3. The molecule has 0 saturated carbocycles. The molecule has 2 heterocycles. The standard InChI is InChI=1S/C92H126N20O29S/c1-43(2)29-61(101-79(127)60(26-28-72(121)122)99-87(135)68(39-113)107-82(130)63(31-48-13-19-53(117)20-14-48)100-77(125)57(93)36-73(123)124)85(133)111-75(46(7)115)90(138)106-66(34-51-37-96-58-12-10-9-11-56(51)58)83(131)103-64(32-49-15-21-54(118)22-16-49)81(129)102-62(30-44(3)4)86(134)112-76(47(8)116)91(139)108-69(40-114)88(136)110-74(45(5)6)89(137)105-65(33-50-17-23-55(119)24-18-50)80(128)98-59(25-27-71(94)120)78(126)104-67(35-52-38-95-42-97-52)84(132)109-70(41-142)92(140)141/h9-24,37-38,42-47,57,59-70,74-76,96,113-119,142H,25-36,39-41,93H2,1-8H3,(H2,94,120)(H,95,97)(H,98,128)(H,99,135)(H,100,125)(H,101,127)(H,102,129)(H,103,131)(H,104,126)(H,105,137)(H,106,138)(H,107,130)(H,108,139)(H,109,132)(H,110,136)(H,111,133)(H,112,134)(H,121,122)(H,123,124)(H,140,141)/t46-,47-,57+,59+,60+,61+,62+,63+,64+,65+,66+,67+,68+,69+,70+,74+,75+,76+/m1/s1. The molecule has 0 fully saturated rings. The molecule has 2 aromatic heterocycles. The van der Waals surface area contributed by atoms with Crippen LogP contribution in [0.2, 0.25) is 0 Å². The Morgan fingerprint density at radius 1 is 0.373 bits per heavy atom. The number of benzene rings is 4. The van der Waals surface area contributed by atoms with Crippen LogP contribution in [0.5, 0.6) is 17.2 Å². The van der Waals surface area contributed by atoms with Gasteiger partial charge in [-0.3, -0.25) is 86.3 Å². The van der Waals surface area contributed by atoms with Gasteiger partial charge in [-0.25, -0.2) is 9.78 Å². The summed E-state index contributed by atoms with van der Waals surface area (Å²) in [6, 6.07) is -5.76. The number of nitrogens with zero attached hydrogens (tertiary/aromatic N) is 1. The van der Waals surface area contributed by atoms with Gasteiger partial charge in [0.25, 0.3) is 0 Å². The number of aromatic amines is 2. The van der Waals surface area contributed by atoms with E-state index in [9.17, 15) is 133 Å². The normalized spacial score (nSPS) is 15.1. The van der Waals surface area contributed by atoms with Crippen LogP contribution in [0.15, 0.2) is 116 Å². The van der Waals surface area contributed by atoms with Gasteiger partial charge in [0.1, 0.15) is 108 Å². The number of hydrogen-bond donors (Lipinski definition) is 30. The van der Waals surface area contributed by atoms with Crippen LogP contribution in [0, 0.1) is 17.8 Å². The number of nitrogens with two attached hydrogens (primary N) is 2. The number of carbonyl (C=O) groups is 19. The van der Waals surface area contributed by atoms with Crippen LogP contribution in [0.1, 0.15) is 128 Å². The minimum atomic E-state index is -2.03. The first-order valence-corrected chi connectivity index (χ1v) is 45.9. The molecule has 49 nitrogen and oxygen atoms in total. The van der Waals surface area contributed by atoms with Gasteiger partial charge in [-0.05, 0) is 122 Å². The number of phenolic OH excluding ortho intramolecular Hbond substituents is 3. The second-order valence-electron chi connectivity index (χ2n) is 35.2. The summed E-state index contributed by atoms with van der Waals surface area (Å²) in [5, 5.41) is 140. The summed E-state index contributed by atoms with van der Waals surface area (Å²) in [6.45, 7) is 9.14. The van der Waals surface area contributed by atoms with Crippen molar-refractivity contribution in [3.8, 4) is 17.2 Å². The first kappa shape index (κ1) is 116. The predicted octanol–water partition coefficient (Wildman–Crippen LogP) is -5.77. The molecule has 0 aliphatic carbocycles. The molecule has 18 atom stereocenters. The number of hydrogen-bond acceptors (Lipinski definition) is 29. The summed E-state index contributed by atoms with van der Waals surface area (Å²) < 4.78 is 0. The third-order valence-corrected chi connectivity index (χ3v) is 22.5. The predicted molar refractivity (Wildman–Crippen MR) is 507 cm³/mol. The Kier molecular flexibility index (Phi) is 46.0. The van der Waals surface area contributed by atoms with Crippen LogP contribution in [0.3, 0.4) is 0 Å². The molecule has 50 heteroatoms. The highest BCUT2D eigenvalue weighted by atomic mass is 32.1. The molecular weight excluding hydrogens is 1880 g/mol. The number of para-hydroxylation sites is 1. The van der Waals surface area contributed by atoms with Crippen LogP contribution in [-0.4, -0.2) is 306 Å². The number of amides is 16. The van der Waals surface area contributed by atoms with Gasteiger partial charge >= 0.3 is 17.9 Å². The fourth-order valence-corrected chi connectivity index (χ4v) is 14.7. The number of carboxylic acid groups (broad SMARTS) is 3. The van der Waals surface area contributed by atoms with E-state index < -0.39 is 304 Å². The average Bonchev–Trinajstić information content (AvgIpc) is 1.65. The Balaban J connectivity index is 1.23. The van der Waals surface area contributed by atoms with Crippen LogP contribution >= 0.6 is 12.6 Å². The zero-order chi connectivity index (χ0) is 106. The molecule has 0 radical (unpaired) electrons. The first-order valence-electron chi connectivity index (χ1n) is 45.3. The number of aromatic hydroxyl groups is 3. The molecule has 0 bridgehead atoms. The Morgan fingerprint density at radius 2 is 0.704 bits per heavy atom. The minimum absolute atomic E-state index is 0.176. The van der Waals surface area contributed by atoms with E-state index in [-0.39, 0.29) is 59.9 Å². The zero-order valence-corrected chi connectivity index (χ0v) is 79.9. The molecule has 31 N–H and O–H groups in total. The summed E-state index contributed by atoms with van der Waals surface area (Å²) in [4.78, 5) is 273. The summed E-state index contributed by atoms with van der Waals surface area (Å²) in [7, 11) is 0. The number of aromatic nitrogens is 3. The molecule has 0 spiro atoms. The Bertz CT molecular complexity index is 5360. The number of H-pyrrole nitrogens is 2. The second-order valence-corrected chi connectivity index (χ2v) is 35.5. The van der Waals surface area contributed by atoms with E-state index in [2.05, 4.69) is 107 Å². The number of phenols is 3. The Hall–Kier alpha value is -14.9. The van der Waals surface area contributed by atoms with E-state index in [4.69, 9.17) is 11.5 Å². The minimum Gasteiger partial charge on any atom is -0.508 e. The monoisotopic (exact) mass is 2010 g/mol. The third-order valence-electron chi connectivity index (χ3n) is 22.2. The number of nitrogens with one attached hydrogen (secondary N) is 17. The number of imidazole rings is 1. The number of fused-ring (bicyclic) bond motifs is 1. The lowest BCUT2D eigenvalue weighted by atomic mass is 9.99. The fourth-order valence-electron chi connectivity index (χ4n) is 14.5. The number of primary amides is 1. The van der Waals surface area contributed by atoms with Crippen molar-refractivity contribution in [2.45, 2.75) is 241 Å². The maximum atomic E-state index is 15.3. The van der Waals surface area contributed by atoms with Gasteiger partial charge in [0.2, 0.25) is 94.5 Å².